The molecule has 1 N–H and O–H groups in total. The molecule has 0 aromatic rings. The number of hydrogen-bond acceptors (Lipinski definition) is 1. The van der Waals surface area contributed by atoms with Crippen LogP contribution in [0.5, 0.6) is 0 Å². The molecule has 0 aromatic carbocycles. The lowest BCUT2D eigenvalue weighted by Gasteiger charge is -2.18. The van der Waals surface area contributed by atoms with Gasteiger partial charge in [0.15, 0.2) is 0 Å². The average molecular weight is 197 g/mol. The minimum absolute atomic E-state index is 0.714. The third kappa shape index (κ3) is 8.31. The van der Waals surface area contributed by atoms with E-state index in [2.05, 4.69) is 32.7 Å². The van der Waals surface area contributed by atoms with Crippen molar-refractivity contribution in [1.82, 2.24) is 5.32 Å². The van der Waals surface area contributed by atoms with Crippen LogP contribution in [0, 0.1) is 0 Å². The molecule has 84 valence electrons. The molecule has 1 heteroatoms. The number of nitrogens with one attached hydrogen (secondary N) is 1. The van der Waals surface area contributed by atoms with Crippen LogP contribution in [0.15, 0.2) is 12.2 Å². The van der Waals surface area contributed by atoms with Crippen LogP contribution in [-0.2, 0) is 0 Å². The van der Waals surface area contributed by atoms with Gasteiger partial charge in [0.2, 0.25) is 0 Å². The molecule has 0 spiro atoms. The molecule has 0 aliphatic carbocycles. The van der Waals surface area contributed by atoms with E-state index in [1.807, 2.05) is 0 Å². The second-order valence-corrected chi connectivity index (χ2v) is 4.29. The summed E-state index contributed by atoms with van der Waals surface area (Å²) in [5.41, 5.74) is 1.31. The van der Waals surface area contributed by atoms with Crippen molar-refractivity contribution >= 4 is 0 Å². The second-order valence-electron chi connectivity index (χ2n) is 4.29. The van der Waals surface area contributed by atoms with Crippen LogP contribution in [0.3, 0.4) is 0 Å². The highest BCUT2D eigenvalue weighted by atomic mass is 14.9. The maximum absolute atomic E-state index is 3.96. The molecule has 1 nitrogen and oxygen atoms in total. The molecule has 14 heavy (non-hydrogen) atoms. The Balaban J connectivity index is 3.65. The van der Waals surface area contributed by atoms with E-state index >= 15 is 0 Å². The molecule has 0 aromatic heterocycles. The Morgan fingerprint density at radius 3 is 2.43 bits per heavy atom. The standard InChI is InChI=1S/C13H27N/c1-5-7-8-13(14-11-6-2)10-9-12(3)4/h13-14H,3,5-11H2,1-2,4H3. The Morgan fingerprint density at radius 1 is 1.21 bits per heavy atom. The molecule has 0 bridgehead atoms. The molecule has 1 unspecified atom stereocenters. The second kappa shape index (κ2) is 9.26. The van der Waals surface area contributed by atoms with Crippen LogP contribution in [-0.4, -0.2) is 12.6 Å². The number of rotatable bonds is 9. The first-order valence-corrected chi connectivity index (χ1v) is 6.08. The van der Waals surface area contributed by atoms with E-state index in [0.717, 1.165) is 6.54 Å². The third-order valence-electron chi connectivity index (χ3n) is 2.51. The zero-order valence-corrected chi connectivity index (χ0v) is 10.2. The normalized spacial score (nSPS) is 12.8. The summed E-state index contributed by atoms with van der Waals surface area (Å²) in [6.07, 6.45) is 7.63. The van der Waals surface area contributed by atoms with E-state index in [-0.39, 0.29) is 0 Å². The fourth-order valence-corrected chi connectivity index (χ4v) is 1.57. The van der Waals surface area contributed by atoms with Gasteiger partial charge in [0, 0.05) is 6.04 Å². The first kappa shape index (κ1) is 13.7. The fraction of sp³-hybridized carbons (Fsp3) is 0.846. The Hall–Kier alpha value is -0.300. The van der Waals surface area contributed by atoms with Crippen molar-refractivity contribution in [1.29, 1.82) is 0 Å². The summed E-state index contributed by atoms with van der Waals surface area (Å²) in [4.78, 5) is 0. The van der Waals surface area contributed by atoms with E-state index in [9.17, 15) is 0 Å². The van der Waals surface area contributed by atoms with Crippen molar-refractivity contribution in [3.8, 4) is 0 Å². The molecule has 0 radical (unpaired) electrons. The highest BCUT2D eigenvalue weighted by Gasteiger charge is 2.06. The lowest BCUT2D eigenvalue weighted by atomic mass is 10.0. The zero-order chi connectivity index (χ0) is 10.8. The Labute approximate surface area is 90.0 Å². The molecular weight excluding hydrogens is 170 g/mol. The highest BCUT2D eigenvalue weighted by Crippen LogP contribution is 2.10. The summed E-state index contributed by atoms with van der Waals surface area (Å²) in [6, 6.07) is 0.714. The molecular formula is C13H27N. The number of unbranched alkanes of at least 4 members (excludes halogenated alkanes) is 1. The SMILES string of the molecule is C=C(C)CCC(CCCC)NCCC. The summed E-state index contributed by atoms with van der Waals surface area (Å²) >= 11 is 0. The molecule has 0 fully saturated rings. The highest BCUT2D eigenvalue weighted by molar-refractivity contribution is 4.89. The first-order valence-electron chi connectivity index (χ1n) is 6.08. The van der Waals surface area contributed by atoms with Gasteiger partial charge < -0.3 is 5.32 Å². The first-order chi connectivity index (χ1) is 6.70. The van der Waals surface area contributed by atoms with Crippen LogP contribution in [0.25, 0.3) is 0 Å². The Kier molecular flexibility index (Phi) is 9.06. The van der Waals surface area contributed by atoms with Gasteiger partial charge in [0.25, 0.3) is 0 Å². The van der Waals surface area contributed by atoms with Gasteiger partial charge in [-0.25, -0.2) is 0 Å². The predicted molar refractivity (Wildman–Crippen MR) is 65.7 cm³/mol. The van der Waals surface area contributed by atoms with Crippen LogP contribution in [0.4, 0.5) is 0 Å². The van der Waals surface area contributed by atoms with Crippen molar-refractivity contribution in [2.45, 2.75) is 65.3 Å². The Morgan fingerprint density at radius 2 is 1.93 bits per heavy atom. The van der Waals surface area contributed by atoms with Crippen LogP contribution < -0.4 is 5.32 Å². The minimum atomic E-state index is 0.714. The zero-order valence-electron chi connectivity index (χ0n) is 10.2. The molecule has 0 rings (SSSR count). The van der Waals surface area contributed by atoms with Crippen molar-refractivity contribution in [3.63, 3.8) is 0 Å². The van der Waals surface area contributed by atoms with Gasteiger partial charge in [0.1, 0.15) is 0 Å². The van der Waals surface area contributed by atoms with E-state index < -0.39 is 0 Å². The van der Waals surface area contributed by atoms with Gasteiger partial charge in [0.05, 0.1) is 0 Å². The number of allylic oxidation sites excluding steroid dienone is 1. The van der Waals surface area contributed by atoms with E-state index in [1.165, 1.54) is 44.1 Å². The molecule has 0 aliphatic heterocycles. The summed E-state index contributed by atoms with van der Waals surface area (Å²) in [5, 5.41) is 3.62. The molecule has 0 amide bonds. The van der Waals surface area contributed by atoms with Crippen molar-refractivity contribution in [2.75, 3.05) is 6.54 Å². The molecule has 1 atom stereocenters. The van der Waals surface area contributed by atoms with Gasteiger partial charge >= 0.3 is 0 Å². The predicted octanol–water partition coefficient (Wildman–Crippen LogP) is 3.90. The molecule has 0 heterocycles. The van der Waals surface area contributed by atoms with Crippen molar-refractivity contribution < 1.29 is 0 Å². The van der Waals surface area contributed by atoms with Gasteiger partial charge in [-0.1, -0.05) is 32.3 Å². The van der Waals surface area contributed by atoms with Crippen LogP contribution in [0.2, 0.25) is 0 Å². The quantitative estimate of drug-likeness (QED) is 0.553. The van der Waals surface area contributed by atoms with Gasteiger partial charge in [-0.2, -0.15) is 0 Å². The summed E-state index contributed by atoms with van der Waals surface area (Å²) in [6.45, 7) is 11.7. The monoisotopic (exact) mass is 197 g/mol. The maximum atomic E-state index is 3.96. The van der Waals surface area contributed by atoms with Crippen LogP contribution in [0.1, 0.15) is 59.3 Å². The smallest absolute Gasteiger partial charge is 0.00701 e. The molecule has 0 saturated heterocycles. The third-order valence-corrected chi connectivity index (χ3v) is 2.51. The van der Waals surface area contributed by atoms with Crippen molar-refractivity contribution in [2.24, 2.45) is 0 Å². The lowest BCUT2D eigenvalue weighted by Crippen LogP contribution is -2.29. The summed E-state index contributed by atoms with van der Waals surface area (Å²) in [7, 11) is 0. The van der Waals surface area contributed by atoms with E-state index in [0.29, 0.717) is 6.04 Å². The van der Waals surface area contributed by atoms with E-state index in [1.54, 1.807) is 0 Å². The summed E-state index contributed by atoms with van der Waals surface area (Å²) < 4.78 is 0. The molecule has 0 saturated carbocycles. The lowest BCUT2D eigenvalue weighted by molar-refractivity contribution is 0.439. The van der Waals surface area contributed by atoms with Gasteiger partial charge in [-0.15, -0.1) is 6.58 Å². The average Bonchev–Trinajstić information content (AvgIpc) is 2.16. The van der Waals surface area contributed by atoms with E-state index in [4.69, 9.17) is 0 Å². The minimum Gasteiger partial charge on any atom is -0.314 e. The Bertz CT molecular complexity index is 132. The number of hydrogen-bond donors (Lipinski definition) is 1. The molecule has 0 aliphatic rings. The van der Waals surface area contributed by atoms with Crippen LogP contribution >= 0.6 is 0 Å². The van der Waals surface area contributed by atoms with Gasteiger partial charge in [-0.3, -0.25) is 0 Å². The van der Waals surface area contributed by atoms with Gasteiger partial charge in [-0.05, 0) is 39.2 Å². The largest absolute Gasteiger partial charge is 0.314 e. The summed E-state index contributed by atoms with van der Waals surface area (Å²) in [5.74, 6) is 0. The fourth-order valence-electron chi connectivity index (χ4n) is 1.57. The topological polar surface area (TPSA) is 12.0 Å². The maximum Gasteiger partial charge on any atom is 0.00701 e. The van der Waals surface area contributed by atoms with Crippen molar-refractivity contribution in [3.05, 3.63) is 12.2 Å².